The molecule has 9 heteroatoms. The highest BCUT2D eigenvalue weighted by atomic mass is 19.3. The SMILES string of the molecule is O=C(O)c1cnc(N2CCOC(c3ccc(OC(F)F)cc3)C2)cn1. The molecule has 1 aliphatic heterocycles. The Morgan fingerprint density at radius 3 is 2.64 bits per heavy atom. The minimum absolute atomic E-state index is 0.0848. The molecule has 1 saturated heterocycles. The van der Waals surface area contributed by atoms with Crippen molar-refractivity contribution in [2.45, 2.75) is 12.7 Å². The number of morpholine rings is 1. The van der Waals surface area contributed by atoms with Crippen LogP contribution in [0.15, 0.2) is 36.7 Å². The van der Waals surface area contributed by atoms with E-state index in [1.54, 1.807) is 12.1 Å². The lowest BCUT2D eigenvalue weighted by atomic mass is 10.1. The number of ether oxygens (including phenoxy) is 2. The average Bonchev–Trinajstić information content (AvgIpc) is 2.62. The molecule has 0 radical (unpaired) electrons. The Hall–Kier alpha value is -2.81. The van der Waals surface area contributed by atoms with Gasteiger partial charge in [0.2, 0.25) is 0 Å². The van der Waals surface area contributed by atoms with Crippen molar-refractivity contribution < 1.29 is 28.2 Å². The van der Waals surface area contributed by atoms with Crippen molar-refractivity contribution in [3.8, 4) is 5.75 Å². The van der Waals surface area contributed by atoms with Crippen molar-refractivity contribution in [2.75, 3.05) is 24.6 Å². The molecule has 2 heterocycles. The molecule has 0 bridgehead atoms. The third-order valence-corrected chi connectivity index (χ3v) is 3.72. The molecule has 0 aliphatic carbocycles. The van der Waals surface area contributed by atoms with Crippen molar-refractivity contribution in [1.29, 1.82) is 0 Å². The van der Waals surface area contributed by atoms with Gasteiger partial charge in [0.25, 0.3) is 0 Å². The monoisotopic (exact) mass is 351 g/mol. The highest BCUT2D eigenvalue weighted by molar-refractivity contribution is 5.84. The molecule has 25 heavy (non-hydrogen) atoms. The van der Waals surface area contributed by atoms with Crippen LogP contribution in [0, 0.1) is 0 Å². The number of hydrogen-bond donors (Lipinski definition) is 1. The van der Waals surface area contributed by atoms with Gasteiger partial charge in [0.1, 0.15) is 17.7 Å². The average molecular weight is 351 g/mol. The maximum atomic E-state index is 12.2. The van der Waals surface area contributed by atoms with Crippen molar-refractivity contribution >= 4 is 11.8 Å². The van der Waals surface area contributed by atoms with E-state index < -0.39 is 12.6 Å². The zero-order valence-corrected chi connectivity index (χ0v) is 13.0. The van der Waals surface area contributed by atoms with Gasteiger partial charge < -0.3 is 19.5 Å². The largest absolute Gasteiger partial charge is 0.476 e. The third kappa shape index (κ3) is 4.18. The van der Waals surface area contributed by atoms with Gasteiger partial charge in [-0.2, -0.15) is 8.78 Å². The summed E-state index contributed by atoms with van der Waals surface area (Å²) in [6.07, 6.45) is 2.35. The molecule has 1 aromatic carbocycles. The van der Waals surface area contributed by atoms with Crippen LogP contribution in [0.2, 0.25) is 0 Å². The Kier molecular flexibility index (Phi) is 5.03. The number of anilines is 1. The summed E-state index contributed by atoms with van der Waals surface area (Å²) in [6.45, 7) is -1.34. The van der Waals surface area contributed by atoms with Gasteiger partial charge in [-0.3, -0.25) is 0 Å². The molecule has 1 aliphatic rings. The molecular formula is C16H15F2N3O4. The van der Waals surface area contributed by atoms with E-state index in [0.717, 1.165) is 5.56 Å². The Bertz CT molecular complexity index is 725. The van der Waals surface area contributed by atoms with Crippen molar-refractivity contribution in [3.05, 3.63) is 47.9 Å². The summed E-state index contributed by atoms with van der Waals surface area (Å²) in [6, 6.07) is 6.27. The second-order valence-electron chi connectivity index (χ2n) is 5.32. The van der Waals surface area contributed by atoms with Crippen LogP contribution in [-0.2, 0) is 4.74 Å². The third-order valence-electron chi connectivity index (χ3n) is 3.72. The summed E-state index contributed by atoms with van der Waals surface area (Å²) in [7, 11) is 0. The van der Waals surface area contributed by atoms with Crippen LogP contribution in [0.1, 0.15) is 22.2 Å². The van der Waals surface area contributed by atoms with E-state index in [4.69, 9.17) is 9.84 Å². The number of alkyl halides is 2. The highest BCUT2D eigenvalue weighted by Crippen LogP contribution is 2.26. The van der Waals surface area contributed by atoms with E-state index in [9.17, 15) is 13.6 Å². The van der Waals surface area contributed by atoms with Crippen molar-refractivity contribution in [2.24, 2.45) is 0 Å². The second kappa shape index (κ2) is 7.39. The molecular weight excluding hydrogens is 336 g/mol. The van der Waals surface area contributed by atoms with Crippen molar-refractivity contribution in [3.63, 3.8) is 0 Å². The van der Waals surface area contributed by atoms with Crippen LogP contribution in [0.5, 0.6) is 5.75 Å². The predicted octanol–water partition coefficient (Wildman–Crippen LogP) is 2.35. The molecule has 0 spiro atoms. The standard InChI is InChI=1S/C16H15F2N3O4/c17-16(18)25-11-3-1-10(2-4-11)13-9-21(5-6-24-13)14-8-19-12(7-20-14)15(22)23/h1-4,7-8,13,16H,5-6,9H2,(H,22,23). The Morgan fingerprint density at radius 1 is 1.28 bits per heavy atom. The van der Waals surface area contributed by atoms with Gasteiger partial charge in [-0.15, -0.1) is 0 Å². The first kappa shape index (κ1) is 17.0. The van der Waals surface area contributed by atoms with E-state index in [2.05, 4.69) is 14.7 Å². The van der Waals surface area contributed by atoms with Crippen molar-refractivity contribution in [1.82, 2.24) is 9.97 Å². The zero-order chi connectivity index (χ0) is 17.8. The normalized spacial score (nSPS) is 17.6. The van der Waals surface area contributed by atoms with Gasteiger partial charge in [0.15, 0.2) is 5.69 Å². The van der Waals surface area contributed by atoms with Gasteiger partial charge in [-0.1, -0.05) is 12.1 Å². The number of benzene rings is 1. The number of nitrogens with zero attached hydrogens (tertiary/aromatic N) is 3. The molecule has 3 rings (SSSR count). The number of aromatic nitrogens is 2. The lowest BCUT2D eigenvalue weighted by molar-refractivity contribution is -0.0498. The fraction of sp³-hybridized carbons (Fsp3) is 0.312. The van der Waals surface area contributed by atoms with Crippen LogP contribution in [0.25, 0.3) is 0 Å². The maximum absolute atomic E-state index is 12.2. The van der Waals surface area contributed by atoms with E-state index >= 15 is 0 Å². The topological polar surface area (TPSA) is 84.8 Å². The quantitative estimate of drug-likeness (QED) is 0.885. The van der Waals surface area contributed by atoms with E-state index in [1.165, 1.54) is 24.5 Å². The van der Waals surface area contributed by atoms with Gasteiger partial charge in [-0.05, 0) is 17.7 Å². The smallest absolute Gasteiger partial charge is 0.387 e. The maximum Gasteiger partial charge on any atom is 0.387 e. The number of carbonyl (C=O) groups is 1. The Balaban J connectivity index is 1.69. The van der Waals surface area contributed by atoms with Crippen LogP contribution in [-0.4, -0.2) is 47.4 Å². The first-order chi connectivity index (χ1) is 12.0. The summed E-state index contributed by atoms with van der Waals surface area (Å²) >= 11 is 0. The lowest BCUT2D eigenvalue weighted by Gasteiger charge is -2.33. The van der Waals surface area contributed by atoms with Crippen LogP contribution >= 0.6 is 0 Å². The summed E-state index contributed by atoms with van der Waals surface area (Å²) in [5.41, 5.74) is 0.699. The van der Waals surface area contributed by atoms with Crippen LogP contribution in [0.4, 0.5) is 14.6 Å². The molecule has 1 N–H and O–H groups in total. The van der Waals surface area contributed by atoms with E-state index in [1.807, 2.05) is 4.90 Å². The Labute approximate surface area is 141 Å². The minimum Gasteiger partial charge on any atom is -0.476 e. The van der Waals surface area contributed by atoms with E-state index in [0.29, 0.717) is 25.5 Å². The van der Waals surface area contributed by atoms with Gasteiger partial charge in [0, 0.05) is 13.1 Å². The number of aromatic carboxylic acids is 1. The molecule has 132 valence electrons. The van der Waals surface area contributed by atoms with Gasteiger partial charge in [-0.25, -0.2) is 14.8 Å². The predicted molar refractivity (Wildman–Crippen MR) is 83.0 cm³/mol. The zero-order valence-electron chi connectivity index (χ0n) is 13.0. The molecule has 0 amide bonds. The van der Waals surface area contributed by atoms with Gasteiger partial charge in [0.05, 0.1) is 19.0 Å². The fourth-order valence-electron chi connectivity index (χ4n) is 2.52. The summed E-state index contributed by atoms with van der Waals surface area (Å²) in [5.74, 6) is -0.498. The number of halogens is 2. The highest BCUT2D eigenvalue weighted by Gasteiger charge is 2.23. The van der Waals surface area contributed by atoms with Crippen LogP contribution in [0.3, 0.4) is 0 Å². The number of hydrogen-bond acceptors (Lipinski definition) is 6. The first-order valence-corrected chi connectivity index (χ1v) is 7.49. The minimum atomic E-state index is -2.86. The summed E-state index contributed by atoms with van der Waals surface area (Å²) < 4.78 is 34.4. The molecule has 2 aromatic rings. The Morgan fingerprint density at radius 2 is 2.04 bits per heavy atom. The number of carboxylic acid groups (broad SMARTS) is 1. The summed E-state index contributed by atoms with van der Waals surface area (Å²) in [4.78, 5) is 20.7. The molecule has 0 saturated carbocycles. The molecule has 7 nitrogen and oxygen atoms in total. The molecule has 1 fully saturated rings. The lowest BCUT2D eigenvalue weighted by Crippen LogP contribution is -2.39. The number of rotatable bonds is 5. The summed E-state index contributed by atoms with van der Waals surface area (Å²) in [5, 5.41) is 8.86. The second-order valence-corrected chi connectivity index (χ2v) is 5.32. The molecule has 1 aromatic heterocycles. The van der Waals surface area contributed by atoms with Crippen LogP contribution < -0.4 is 9.64 Å². The fourth-order valence-corrected chi connectivity index (χ4v) is 2.52. The first-order valence-electron chi connectivity index (χ1n) is 7.49. The van der Waals surface area contributed by atoms with E-state index in [-0.39, 0.29) is 17.5 Å². The number of carboxylic acids is 1. The molecule has 1 atom stereocenters. The molecule has 1 unspecified atom stereocenters. The van der Waals surface area contributed by atoms with Gasteiger partial charge >= 0.3 is 12.6 Å².